The van der Waals surface area contributed by atoms with Crippen LogP contribution in [0.1, 0.15) is 19.4 Å². The average molecular weight is 375 g/mol. The third kappa shape index (κ3) is 4.11. The van der Waals surface area contributed by atoms with Crippen molar-refractivity contribution < 1.29 is 9.53 Å². The SMILES string of the molecule is CCOc1ccc(CC(=O)N=c2sc3cc(Cl)ccc3n2CC)cc1. The highest BCUT2D eigenvalue weighted by molar-refractivity contribution is 7.16. The van der Waals surface area contributed by atoms with Crippen LogP contribution in [-0.2, 0) is 17.8 Å². The fourth-order valence-electron chi connectivity index (χ4n) is 2.63. The Kier molecular flexibility index (Phi) is 5.56. The van der Waals surface area contributed by atoms with Gasteiger partial charge in [0.05, 0.1) is 23.2 Å². The number of nitrogens with zero attached hydrogens (tertiary/aromatic N) is 2. The molecule has 130 valence electrons. The molecule has 0 saturated heterocycles. The van der Waals surface area contributed by atoms with Gasteiger partial charge in [-0.05, 0) is 49.7 Å². The smallest absolute Gasteiger partial charge is 0.252 e. The normalized spacial score (nSPS) is 11.9. The highest BCUT2D eigenvalue weighted by Crippen LogP contribution is 2.21. The Morgan fingerprint density at radius 3 is 2.64 bits per heavy atom. The fraction of sp³-hybridized carbons (Fsp3) is 0.263. The maximum Gasteiger partial charge on any atom is 0.252 e. The molecule has 2 aromatic carbocycles. The minimum absolute atomic E-state index is 0.163. The predicted molar refractivity (Wildman–Crippen MR) is 102 cm³/mol. The molecule has 3 aromatic rings. The Labute approximate surface area is 155 Å². The summed E-state index contributed by atoms with van der Waals surface area (Å²) in [6.07, 6.45) is 0.269. The summed E-state index contributed by atoms with van der Waals surface area (Å²) in [5.41, 5.74) is 1.97. The van der Waals surface area contributed by atoms with Gasteiger partial charge in [-0.25, -0.2) is 0 Å². The van der Waals surface area contributed by atoms with Crippen molar-refractivity contribution in [3.63, 3.8) is 0 Å². The lowest BCUT2D eigenvalue weighted by atomic mass is 10.1. The van der Waals surface area contributed by atoms with Gasteiger partial charge in [0.1, 0.15) is 5.75 Å². The molecule has 25 heavy (non-hydrogen) atoms. The summed E-state index contributed by atoms with van der Waals surface area (Å²) >= 11 is 7.54. The summed E-state index contributed by atoms with van der Waals surface area (Å²) in [5, 5.41) is 0.685. The van der Waals surface area contributed by atoms with E-state index in [-0.39, 0.29) is 12.3 Å². The molecule has 0 radical (unpaired) electrons. The van der Waals surface area contributed by atoms with E-state index in [0.717, 1.165) is 28.1 Å². The van der Waals surface area contributed by atoms with Crippen LogP contribution in [0.25, 0.3) is 10.2 Å². The van der Waals surface area contributed by atoms with E-state index in [1.807, 2.05) is 60.9 Å². The number of aromatic nitrogens is 1. The minimum atomic E-state index is -0.163. The molecule has 0 spiro atoms. The van der Waals surface area contributed by atoms with Crippen LogP contribution >= 0.6 is 22.9 Å². The number of thiazole rings is 1. The van der Waals surface area contributed by atoms with Gasteiger partial charge in [-0.2, -0.15) is 4.99 Å². The summed E-state index contributed by atoms with van der Waals surface area (Å²) in [7, 11) is 0. The van der Waals surface area contributed by atoms with Crippen LogP contribution < -0.4 is 9.54 Å². The molecule has 0 unspecified atom stereocenters. The Morgan fingerprint density at radius 1 is 1.20 bits per heavy atom. The zero-order valence-electron chi connectivity index (χ0n) is 14.2. The second-order valence-corrected chi connectivity index (χ2v) is 6.95. The van der Waals surface area contributed by atoms with Crippen molar-refractivity contribution in [1.29, 1.82) is 0 Å². The van der Waals surface area contributed by atoms with Gasteiger partial charge in [-0.15, -0.1) is 0 Å². The van der Waals surface area contributed by atoms with E-state index < -0.39 is 0 Å². The standard InChI is InChI=1S/C19H19ClN2O2S/c1-3-22-16-10-7-14(20)12-17(16)25-19(22)21-18(23)11-13-5-8-15(9-6-13)24-4-2/h5-10,12H,3-4,11H2,1-2H3. The predicted octanol–water partition coefficient (Wildman–Crippen LogP) is 4.44. The molecular formula is C19H19ClN2O2S. The third-order valence-corrected chi connectivity index (χ3v) is 5.05. The van der Waals surface area contributed by atoms with Gasteiger partial charge in [0.25, 0.3) is 5.91 Å². The topological polar surface area (TPSA) is 43.6 Å². The van der Waals surface area contributed by atoms with Crippen molar-refractivity contribution in [3.8, 4) is 5.75 Å². The number of carbonyl (C=O) groups is 1. The number of rotatable bonds is 5. The zero-order valence-corrected chi connectivity index (χ0v) is 15.7. The third-order valence-electron chi connectivity index (χ3n) is 3.77. The van der Waals surface area contributed by atoms with Crippen LogP contribution in [0, 0.1) is 0 Å². The molecule has 1 amide bonds. The molecule has 0 fully saturated rings. The first-order chi connectivity index (χ1) is 12.1. The van der Waals surface area contributed by atoms with Crippen molar-refractivity contribution in [1.82, 2.24) is 4.57 Å². The Balaban J connectivity index is 1.86. The van der Waals surface area contributed by atoms with Crippen LogP contribution in [0.3, 0.4) is 0 Å². The molecule has 0 aliphatic heterocycles. The molecular weight excluding hydrogens is 356 g/mol. The molecule has 1 heterocycles. The average Bonchev–Trinajstić information content (AvgIpc) is 2.92. The van der Waals surface area contributed by atoms with Gasteiger partial charge in [0.15, 0.2) is 4.80 Å². The highest BCUT2D eigenvalue weighted by Gasteiger charge is 2.08. The number of hydrogen-bond acceptors (Lipinski definition) is 3. The van der Waals surface area contributed by atoms with E-state index in [0.29, 0.717) is 16.4 Å². The number of aryl methyl sites for hydroxylation is 1. The number of ether oxygens (including phenoxy) is 1. The van der Waals surface area contributed by atoms with E-state index in [2.05, 4.69) is 4.99 Å². The van der Waals surface area contributed by atoms with Crippen molar-refractivity contribution in [2.24, 2.45) is 4.99 Å². The first-order valence-electron chi connectivity index (χ1n) is 8.19. The lowest BCUT2D eigenvalue weighted by Gasteiger charge is -2.03. The number of halogens is 1. The monoisotopic (exact) mass is 374 g/mol. The second kappa shape index (κ2) is 7.85. The fourth-order valence-corrected chi connectivity index (χ4v) is 4.02. The molecule has 0 atom stereocenters. The van der Waals surface area contributed by atoms with Crippen LogP contribution in [0.15, 0.2) is 47.5 Å². The lowest BCUT2D eigenvalue weighted by molar-refractivity contribution is -0.117. The van der Waals surface area contributed by atoms with Gasteiger partial charge in [-0.1, -0.05) is 35.1 Å². The van der Waals surface area contributed by atoms with Crippen molar-refractivity contribution in [3.05, 3.63) is 57.9 Å². The molecule has 3 rings (SSSR count). The number of carbonyl (C=O) groups excluding carboxylic acids is 1. The van der Waals surface area contributed by atoms with E-state index >= 15 is 0 Å². The van der Waals surface area contributed by atoms with Crippen LogP contribution in [0.5, 0.6) is 5.75 Å². The van der Waals surface area contributed by atoms with Crippen LogP contribution in [0.4, 0.5) is 0 Å². The summed E-state index contributed by atoms with van der Waals surface area (Å²) in [6, 6.07) is 13.3. The molecule has 4 nitrogen and oxygen atoms in total. The molecule has 0 N–H and O–H groups in total. The van der Waals surface area contributed by atoms with Gasteiger partial charge in [-0.3, -0.25) is 4.79 Å². The summed E-state index contributed by atoms with van der Waals surface area (Å²) in [5.74, 6) is 0.643. The minimum Gasteiger partial charge on any atom is -0.494 e. The first-order valence-corrected chi connectivity index (χ1v) is 9.38. The van der Waals surface area contributed by atoms with E-state index in [1.165, 1.54) is 11.3 Å². The van der Waals surface area contributed by atoms with E-state index in [9.17, 15) is 4.79 Å². The van der Waals surface area contributed by atoms with Crippen LogP contribution in [0.2, 0.25) is 5.02 Å². The molecule has 0 aliphatic rings. The maximum absolute atomic E-state index is 12.4. The molecule has 0 saturated carbocycles. The molecule has 6 heteroatoms. The Hall–Kier alpha value is -2.11. The van der Waals surface area contributed by atoms with Gasteiger partial charge < -0.3 is 9.30 Å². The zero-order chi connectivity index (χ0) is 17.8. The molecule has 1 aromatic heterocycles. The van der Waals surface area contributed by atoms with Gasteiger partial charge in [0.2, 0.25) is 0 Å². The second-order valence-electron chi connectivity index (χ2n) is 5.50. The number of benzene rings is 2. The summed E-state index contributed by atoms with van der Waals surface area (Å²) in [4.78, 5) is 17.4. The highest BCUT2D eigenvalue weighted by atomic mass is 35.5. The number of fused-ring (bicyclic) bond motifs is 1. The molecule has 0 aliphatic carbocycles. The number of hydrogen-bond donors (Lipinski definition) is 0. The Bertz CT molecular complexity index is 958. The summed E-state index contributed by atoms with van der Waals surface area (Å²) < 4.78 is 8.48. The van der Waals surface area contributed by atoms with Crippen LogP contribution in [-0.4, -0.2) is 17.1 Å². The van der Waals surface area contributed by atoms with Crippen molar-refractivity contribution >= 4 is 39.1 Å². The molecule has 0 bridgehead atoms. The number of amides is 1. The largest absolute Gasteiger partial charge is 0.494 e. The van der Waals surface area contributed by atoms with Crippen molar-refractivity contribution in [2.75, 3.05) is 6.61 Å². The summed E-state index contributed by atoms with van der Waals surface area (Å²) in [6.45, 7) is 5.35. The van der Waals surface area contributed by atoms with Gasteiger partial charge >= 0.3 is 0 Å². The van der Waals surface area contributed by atoms with Crippen molar-refractivity contribution in [2.45, 2.75) is 26.8 Å². The first kappa shape index (κ1) is 17.7. The quantitative estimate of drug-likeness (QED) is 0.662. The lowest BCUT2D eigenvalue weighted by Crippen LogP contribution is -2.16. The van der Waals surface area contributed by atoms with Gasteiger partial charge in [0, 0.05) is 11.6 Å². The maximum atomic E-state index is 12.4. The van der Waals surface area contributed by atoms with E-state index in [1.54, 1.807) is 0 Å². The van der Waals surface area contributed by atoms with E-state index in [4.69, 9.17) is 16.3 Å². The Morgan fingerprint density at radius 2 is 1.96 bits per heavy atom.